The van der Waals surface area contributed by atoms with Gasteiger partial charge in [-0.05, 0) is 24.1 Å². The molecule has 20 heavy (non-hydrogen) atoms. The predicted octanol–water partition coefficient (Wildman–Crippen LogP) is 1.69. The minimum absolute atomic E-state index is 0.0979. The third kappa shape index (κ3) is 3.44. The molecular formula is C14H15N3O3. The molecule has 6 nitrogen and oxygen atoms in total. The van der Waals surface area contributed by atoms with Crippen molar-refractivity contribution in [2.45, 2.75) is 12.8 Å². The summed E-state index contributed by atoms with van der Waals surface area (Å²) in [6, 6.07) is 7.13. The number of anilines is 1. The minimum Gasteiger partial charge on any atom is -0.481 e. The second-order valence-corrected chi connectivity index (χ2v) is 4.43. The van der Waals surface area contributed by atoms with Gasteiger partial charge in [-0.2, -0.15) is 0 Å². The Morgan fingerprint density at radius 2 is 2.00 bits per heavy atom. The Bertz CT molecular complexity index is 617. The van der Waals surface area contributed by atoms with Gasteiger partial charge in [0.2, 0.25) is 0 Å². The van der Waals surface area contributed by atoms with E-state index in [9.17, 15) is 9.59 Å². The van der Waals surface area contributed by atoms with Crippen molar-refractivity contribution in [1.29, 1.82) is 0 Å². The first-order valence-corrected chi connectivity index (χ1v) is 6.14. The van der Waals surface area contributed by atoms with Gasteiger partial charge in [-0.1, -0.05) is 12.1 Å². The molecule has 1 aromatic heterocycles. The molecule has 0 atom stereocenters. The van der Waals surface area contributed by atoms with Gasteiger partial charge in [-0.3, -0.25) is 9.59 Å². The van der Waals surface area contributed by atoms with E-state index < -0.39 is 5.97 Å². The SMILES string of the molecule is Cn1cncc1C(=O)Nc1ccc(CCC(=O)O)cc1. The average Bonchev–Trinajstić information content (AvgIpc) is 2.84. The number of amides is 1. The maximum atomic E-state index is 11.9. The molecule has 0 spiro atoms. The maximum absolute atomic E-state index is 11.9. The number of nitrogens with one attached hydrogen (secondary N) is 1. The van der Waals surface area contributed by atoms with Crippen LogP contribution in [0.25, 0.3) is 0 Å². The Kier molecular flexibility index (Phi) is 4.14. The lowest BCUT2D eigenvalue weighted by Gasteiger charge is -2.06. The molecule has 0 aliphatic rings. The Morgan fingerprint density at radius 1 is 1.30 bits per heavy atom. The third-order valence-electron chi connectivity index (χ3n) is 2.89. The zero-order valence-electron chi connectivity index (χ0n) is 11.0. The van der Waals surface area contributed by atoms with Crippen molar-refractivity contribution in [3.63, 3.8) is 0 Å². The van der Waals surface area contributed by atoms with Gasteiger partial charge in [0.15, 0.2) is 0 Å². The molecule has 0 radical (unpaired) electrons. The second-order valence-electron chi connectivity index (χ2n) is 4.43. The molecule has 6 heteroatoms. The lowest BCUT2D eigenvalue weighted by Crippen LogP contribution is -2.15. The Balaban J connectivity index is 1.99. The molecule has 1 aromatic carbocycles. The summed E-state index contributed by atoms with van der Waals surface area (Å²) in [7, 11) is 1.75. The van der Waals surface area contributed by atoms with Crippen LogP contribution in [0.1, 0.15) is 22.5 Å². The van der Waals surface area contributed by atoms with Crippen molar-refractivity contribution >= 4 is 17.6 Å². The number of carboxylic acids is 1. The van der Waals surface area contributed by atoms with Crippen LogP contribution in [0.15, 0.2) is 36.8 Å². The summed E-state index contributed by atoms with van der Waals surface area (Å²) in [4.78, 5) is 26.3. The molecule has 0 fully saturated rings. The van der Waals surface area contributed by atoms with E-state index in [-0.39, 0.29) is 12.3 Å². The van der Waals surface area contributed by atoms with Crippen LogP contribution in [0.5, 0.6) is 0 Å². The number of aryl methyl sites for hydroxylation is 2. The van der Waals surface area contributed by atoms with Crippen LogP contribution in [-0.4, -0.2) is 26.5 Å². The molecule has 1 amide bonds. The van der Waals surface area contributed by atoms with Crippen molar-refractivity contribution in [1.82, 2.24) is 9.55 Å². The van der Waals surface area contributed by atoms with Crippen LogP contribution in [0.3, 0.4) is 0 Å². The summed E-state index contributed by atoms with van der Waals surface area (Å²) in [5.41, 5.74) is 2.06. The fraction of sp³-hybridized carbons (Fsp3) is 0.214. The largest absolute Gasteiger partial charge is 0.481 e. The van der Waals surface area contributed by atoms with Crippen molar-refractivity contribution in [2.75, 3.05) is 5.32 Å². The number of nitrogens with zero attached hydrogens (tertiary/aromatic N) is 2. The number of benzene rings is 1. The van der Waals surface area contributed by atoms with E-state index in [0.717, 1.165) is 5.56 Å². The van der Waals surface area contributed by atoms with E-state index in [1.54, 1.807) is 30.1 Å². The fourth-order valence-corrected chi connectivity index (χ4v) is 1.78. The highest BCUT2D eigenvalue weighted by atomic mass is 16.4. The summed E-state index contributed by atoms with van der Waals surface area (Å²) in [5.74, 6) is -1.05. The number of carbonyl (C=O) groups excluding carboxylic acids is 1. The van der Waals surface area contributed by atoms with Crippen LogP contribution in [0, 0.1) is 0 Å². The summed E-state index contributed by atoms with van der Waals surface area (Å²) < 4.78 is 1.64. The van der Waals surface area contributed by atoms with Gasteiger partial charge in [0, 0.05) is 19.2 Å². The number of aromatic nitrogens is 2. The van der Waals surface area contributed by atoms with Crippen LogP contribution < -0.4 is 5.32 Å². The van der Waals surface area contributed by atoms with E-state index in [2.05, 4.69) is 10.3 Å². The number of hydrogen-bond acceptors (Lipinski definition) is 3. The minimum atomic E-state index is -0.821. The zero-order chi connectivity index (χ0) is 14.5. The quantitative estimate of drug-likeness (QED) is 0.868. The number of aliphatic carboxylic acids is 1. The van der Waals surface area contributed by atoms with E-state index in [1.165, 1.54) is 6.20 Å². The van der Waals surface area contributed by atoms with Gasteiger partial charge in [-0.15, -0.1) is 0 Å². The van der Waals surface area contributed by atoms with Gasteiger partial charge in [-0.25, -0.2) is 4.98 Å². The van der Waals surface area contributed by atoms with E-state index in [4.69, 9.17) is 5.11 Å². The molecule has 0 saturated heterocycles. The van der Waals surface area contributed by atoms with Crippen molar-refractivity contribution in [3.05, 3.63) is 48.0 Å². The van der Waals surface area contributed by atoms with Crippen LogP contribution in [0.4, 0.5) is 5.69 Å². The molecule has 0 unspecified atom stereocenters. The Hall–Kier alpha value is -2.63. The van der Waals surface area contributed by atoms with Gasteiger partial charge >= 0.3 is 5.97 Å². The van der Waals surface area contributed by atoms with Gasteiger partial charge in [0.1, 0.15) is 5.69 Å². The summed E-state index contributed by atoms with van der Waals surface area (Å²) in [5, 5.41) is 11.4. The van der Waals surface area contributed by atoms with Crippen LogP contribution in [0.2, 0.25) is 0 Å². The van der Waals surface area contributed by atoms with Crippen LogP contribution >= 0.6 is 0 Å². The summed E-state index contributed by atoms with van der Waals surface area (Å²) in [6.45, 7) is 0. The van der Waals surface area contributed by atoms with Crippen LogP contribution in [-0.2, 0) is 18.3 Å². The van der Waals surface area contributed by atoms with E-state index in [1.807, 2.05) is 12.1 Å². The summed E-state index contributed by atoms with van der Waals surface area (Å²) in [6.07, 6.45) is 3.63. The first-order valence-electron chi connectivity index (χ1n) is 6.14. The number of imidazole rings is 1. The normalized spacial score (nSPS) is 10.2. The van der Waals surface area contributed by atoms with Crippen molar-refractivity contribution in [3.8, 4) is 0 Å². The lowest BCUT2D eigenvalue weighted by atomic mass is 10.1. The van der Waals surface area contributed by atoms with Crippen molar-refractivity contribution < 1.29 is 14.7 Å². The molecular weight excluding hydrogens is 258 g/mol. The first-order chi connectivity index (χ1) is 9.56. The van der Waals surface area contributed by atoms with E-state index >= 15 is 0 Å². The number of carboxylic acid groups (broad SMARTS) is 1. The topological polar surface area (TPSA) is 84.2 Å². The second kappa shape index (κ2) is 6.01. The molecule has 2 aromatic rings. The summed E-state index contributed by atoms with van der Waals surface area (Å²) >= 11 is 0. The Labute approximate surface area is 116 Å². The van der Waals surface area contributed by atoms with Gasteiger partial charge in [0.25, 0.3) is 5.91 Å². The smallest absolute Gasteiger partial charge is 0.303 e. The molecule has 0 saturated carbocycles. The number of carbonyl (C=O) groups is 2. The molecule has 2 N–H and O–H groups in total. The maximum Gasteiger partial charge on any atom is 0.303 e. The van der Waals surface area contributed by atoms with Gasteiger partial charge in [0.05, 0.1) is 12.5 Å². The third-order valence-corrected chi connectivity index (χ3v) is 2.89. The lowest BCUT2D eigenvalue weighted by molar-refractivity contribution is -0.136. The first kappa shape index (κ1) is 13.8. The predicted molar refractivity (Wildman–Crippen MR) is 73.6 cm³/mol. The fourth-order valence-electron chi connectivity index (χ4n) is 1.78. The standard InChI is InChI=1S/C14H15N3O3/c1-17-9-15-8-12(17)14(20)16-11-5-2-10(3-6-11)4-7-13(18)19/h2-3,5-6,8-9H,4,7H2,1H3,(H,16,20)(H,18,19). The molecule has 0 aliphatic carbocycles. The average molecular weight is 273 g/mol. The monoisotopic (exact) mass is 273 g/mol. The highest BCUT2D eigenvalue weighted by Gasteiger charge is 2.09. The Morgan fingerprint density at radius 3 is 2.55 bits per heavy atom. The number of hydrogen-bond donors (Lipinski definition) is 2. The number of rotatable bonds is 5. The highest BCUT2D eigenvalue weighted by molar-refractivity contribution is 6.02. The molecule has 1 heterocycles. The van der Waals surface area contributed by atoms with Crippen molar-refractivity contribution in [2.24, 2.45) is 7.05 Å². The zero-order valence-corrected chi connectivity index (χ0v) is 11.0. The van der Waals surface area contributed by atoms with E-state index in [0.29, 0.717) is 17.8 Å². The molecule has 0 bridgehead atoms. The molecule has 104 valence electrons. The molecule has 0 aliphatic heterocycles. The van der Waals surface area contributed by atoms with Gasteiger partial charge < -0.3 is 15.0 Å². The molecule has 2 rings (SSSR count). The highest BCUT2D eigenvalue weighted by Crippen LogP contribution is 2.12.